The smallest absolute Gasteiger partial charge is 0.220 e. The van der Waals surface area contributed by atoms with Crippen LogP contribution in [0.5, 0.6) is 0 Å². The lowest BCUT2D eigenvalue weighted by molar-refractivity contribution is -0.111. The molecule has 0 saturated carbocycles. The minimum atomic E-state index is -1.89. The van der Waals surface area contributed by atoms with Crippen molar-refractivity contribution in [2.24, 2.45) is 0 Å². The second-order valence-electron chi connectivity index (χ2n) is 7.39. The van der Waals surface area contributed by atoms with Crippen LogP contribution >= 0.6 is 23.1 Å². The molecule has 0 saturated heterocycles. The van der Waals surface area contributed by atoms with Crippen molar-refractivity contribution in [1.29, 1.82) is 0 Å². The van der Waals surface area contributed by atoms with Crippen molar-refractivity contribution in [1.82, 2.24) is 0 Å². The summed E-state index contributed by atoms with van der Waals surface area (Å²) in [5, 5.41) is 4.14. The van der Waals surface area contributed by atoms with E-state index in [1.54, 1.807) is 11.3 Å². The van der Waals surface area contributed by atoms with Crippen LogP contribution < -0.4 is 5.06 Å². The summed E-state index contributed by atoms with van der Waals surface area (Å²) >= 11 is 2.96. The van der Waals surface area contributed by atoms with Crippen molar-refractivity contribution in [2.45, 2.75) is 37.0 Å². The van der Waals surface area contributed by atoms with Crippen LogP contribution in [-0.4, -0.2) is 13.4 Å². The summed E-state index contributed by atoms with van der Waals surface area (Å²) in [7, 11) is -1.89. The highest BCUT2D eigenvalue weighted by Gasteiger charge is 2.30. The molecule has 1 heterocycles. The Morgan fingerprint density at radius 1 is 1.00 bits per heavy atom. The van der Waals surface area contributed by atoms with Gasteiger partial charge in [-0.05, 0) is 55.4 Å². The van der Waals surface area contributed by atoms with Crippen molar-refractivity contribution >= 4 is 42.2 Å². The van der Waals surface area contributed by atoms with E-state index in [4.69, 9.17) is 4.53 Å². The Labute approximate surface area is 176 Å². The van der Waals surface area contributed by atoms with Crippen molar-refractivity contribution in [3.8, 4) is 0 Å². The van der Waals surface area contributed by atoms with Crippen LogP contribution in [0.2, 0.25) is 19.6 Å². The van der Waals surface area contributed by atoms with E-state index in [2.05, 4.69) is 31.1 Å². The molecule has 1 aromatic heterocycles. The molecule has 0 aliphatic carbocycles. The largest absolute Gasteiger partial charge is 0.320 e. The molecule has 0 radical (unpaired) electrons. The van der Waals surface area contributed by atoms with Crippen LogP contribution in [-0.2, 0) is 9.32 Å². The fraction of sp³-hybridized carbons (Fsp3) is 0.227. The molecule has 1 atom stereocenters. The van der Waals surface area contributed by atoms with Gasteiger partial charge in [0.2, 0.25) is 8.32 Å². The number of hydrogen-bond acceptors (Lipinski definition) is 5. The quantitative estimate of drug-likeness (QED) is 0.225. The summed E-state index contributed by atoms with van der Waals surface area (Å²) in [5.41, 5.74) is 0.973. The van der Waals surface area contributed by atoms with E-state index in [1.165, 1.54) is 11.8 Å². The van der Waals surface area contributed by atoms with Gasteiger partial charge in [-0.1, -0.05) is 54.2 Å². The van der Waals surface area contributed by atoms with Gasteiger partial charge < -0.3 is 4.53 Å². The summed E-state index contributed by atoms with van der Waals surface area (Å²) < 4.78 is 6.48. The van der Waals surface area contributed by atoms with Crippen LogP contribution in [0.3, 0.4) is 0 Å². The summed E-state index contributed by atoms with van der Waals surface area (Å²) in [6, 6.07) is 23.8. The SMILES string of the molecule is C[Si](C)(C)ON(c1ccccc1)C(CC(=O)Sc1ccccc1)c1cccs1. The van der Waals surface area contributed by atoms with E-state index in [0.717, 1.165) is 15.5 Å². The number of thiophene rings is 1. The standard InChI is InChI=1S/C22H25NO2S2Si/c1-28(2,3)25-23(18-11-6-4-7-12-18)20(21-15-10-16-26-21)17-22(24)27-19-13-8-5-9-14-19/h4-16,20H,17H2,1-3H3. The third-order valence-electron chi connectivity index (χ3n) is 3.87. The normalized spacial score (nSPS) is 12.5. The lowest BCUT2D eigenvalue weighted by Gasteiger charge is -2.36. The molecule has 0 aliphatic rings. The molecular formula is C22H25NO2S2Si. The predicted octanol–water partition coefficient (Wildman–Crippen LogP) is 6.77. The third kappa shape index (κ3) is 6.07. The van der Waals surface area contributed by atoms with E-state index in [1.807, 2.05) is 71.8 Å². The zero-order valence-corrected chi connectivity index (χ0v) is 19.0. The number of para-hydroxylation sites is 1. The minimum Gasteiger partial charge on any atom is -0.320 e. The van der Waals surface area contributed by atoms with Gasteiger partial charge in [-0.2, -0.15) is 0 Å². The third-order valence-corrected chi connectivity index (χ3v) is 6.49. The molecule has 0 fully saturated rings. The Morgan fingerprint density at radius 2 is 1.64 bits per heavy atom. The number of nitrogens with zero attached hydrogens (tertiary/aromatic N) is 1. The van der Waals surface area contributed by atoms with Crippen molar-refractivity contribution in [3.63, 3.8) is 0 Å². The average molecular weight is 428 g/mol. The second-order valence-corrected chi connectivity index (χ2v) is 13.9. The number of thioether (sulfide) groups is 1. The molecule has 3 rings (SSSR count). The van der Waals surface area contributed by atoms with E-state index in [-0.39, 0.29) is 11.2 Å². The van der Waals surface area contributed by atoms with Gasteiger partial charge >= 0.3 is 0 Å². The maximum Gasteiger partial charge on any atom is 0.220 e. The van der Waals surface area contributed by atoms with Gasteiger partial charge in [-0.15, -0.1) is 11.3 Å². The Kier molecular flexibility index (Phi) is 7.12. The summed E-state index contributed by atoms with van der Waals surface area (Å²) in [4.78, 5) is 15.0. The van der Waals surface area contributed by atoms with Gasteiger partial charge in [0.25, 0.3) is 0 Å². The molecule has 6 heteroatoms. The van der Waals surface area contributed by atoms with Gasteiger partial charge in [0, 0.05) is 16.2 Å². The Balaban J connectivity index is 1.89. The highest BCUT2D eigenvalue weighted by molar-refractivity contribution is 8.13. The number of hydrogen-bond donors (Lipinski definition) is 0. The van der Waals surface area contributed by atoms with E-state index in [0.29, 0.717) is 6.42 Å². The second kappa shape index (κ2) is 9.56. The number of carbonyl (C=O) groups is 1. The summed E-state index contributed by atoms with van der Waals surface area (Å²) in [6.45, 7) is 6.49. The van der Waals surface area contributed by atoms with E-state index >= 15 is 0 Å². The first-order chi connectivity index (χ1) is 13.4. The topological polar surface area (TPSA) is 29.5 Å². The van der Waals surface area contributed by atoms with Crippen LogP contribution in [0, 0.1) is 0 Å². The Bertz CT molecular complexity index is 865. The molecule has 0 amide bonds. The van der Waals surface area contributed by atoms with Gasteiger partial charge in [0.15, 0.2) is 5.12 Å². The zero-order valence-electron chi connectivity index (χ0n) is 16.4. The molecular weight excluding hydrogens is 402 g/mol. The predicted molar refractivity (Wildman–Crippen MR) is 122 cm³/mol. The summed E-state index contributed by atoms with van der Waals surface area (Å²) in [6.07, 6.45) is 0.374. The molecule has 0 N–H and O–H groups in total. The van der Waals surface area contributed by atoms with Gasteiger partial charge in [0.05, 0.1) is 11.7 Å². The molecule has 0 bridgehead atoms. The highest BCUT2D eigenvalue weighted by atomic mass is 32.2. The number of rotatable bonds is 8. The van der Waals surface area contributed by atoms with Gasteiger partial charge in [0.1, 0.15) is 0 Å². The first-order valence-electron chi connectivity index (χ1n) is 9.25. The van der Waals surface area contributed by atoms with Gasteiger partial charge in [-0.3, -0.25) is 9.86 Å². The van der Waals surface area contributed by atoms with Crippen LogP contribution in [0.4, 0.5) is 5.69 Å². The van der Waals surface area contributed by atoms with E-state index < -0.39 is 8.32 Å². The average Bonchev–Trinajstić information content (AvgIpc) is 3.20. The molecule has 3 aromatic rings. The molecule has 0 spiro atoms. The number of anilines is 1. The Morgan fingerprint density at radius 3 is 2.21 bits per heavy atom. The number of benzene rings is 2. The van der Waals surface area contributed by atoms with Gasteiger partial charge in [-0.25, -0.2) is 0 Å². The van der Waals surface area contributed by atoms with E-state index in [9.17, 15) is 4.79 Å². The first-order valence-corrected chi connectivity index (χ1v) is 14.4. The fourth-order valence-corrected chi connectivity index (χ4v) is 5.19. The van der Waals surface area contributed by atoms with Crippen LogP contribution in [0.15, 0.2) is 83.1 Å². The number of hydroxylamine groups is 1. The van der Waals surface area contributed by atoms with Crippen LogP contribution in [0.1, 0.15) is 17.3 Å². The molecule has 3 nitrogen and oxygen atoms in total. The molecule has 28 heavy (non-hydrogen) atoms. The lowest BCUT2D eigenvalue weighted by Crippen LogP contribution is -2.40. The minimum absolute atomic E-state index is 0.129. The van der Waals surface area contributed by atoms with Crippen LogP contribution in [0.25, 0.3) is 0 Å². The summed E-state index contributed by atoms with van der Waals surface area (Å²) in [5.74, 6) is 0. The van der Waals surface area contributed by atoms with Crippen molar-refractivity contribution < 1.29 is 9.32 Å². The molecule has 1 unspecified atom stereocenters. The molecule has 0 aliphatic heterocycles. The zero-order chi connectivity index (χ0) is 20.0. The molecule has 2 aromatic carbocycles. The lowest BCUT2D eigenvalue weighted by atomic mass is 10.1. The number of carbonyl (C=O) groups excluding carboxylic acids is 1. The maximum atomic E-state index is 12.9. The maximum absolute atomic E-state index is 12.9. The molecule has 146 valence electrons. The highest BCUT2D eigenvalue weighted by Crippen LogP contribution is 2.36. The monoisotopic (exact) mass is 427 g/mol. The fourth-order valence-electron chi connectivity index (χ4n) is 2.77. The Hall–Kier alpha value is -1.86. The first kappa shape index (κ1) is 20.9. The van der Waals surface area contributed by atoms with Crippen molar-refractivity contribution in [3.05, 3.63) is 83.1 Å². The van der Waals surface area contributed by atoms with Crippen molar-refractivity contribution in [2.75, 3.05) is 5.06 Å².